The van der Waals surface area contributed by atoms with Gasteiger partial charge < -0.3 is 15.1 Å². The first-order valence-corrected chi connectivity index (χ1v) is 11.2. The van der Waals surface area contributed by atoms with Crippen molar-refractivity contribution in [2.75, 3.05) is 11.1 Å². The van der Waals surface area contributed by atoms with Crippen molar-refractivity contribution >= 4 is 40.9 Å². The summed E-state index contributed by atoms with van der Waals surface area (Å²) in [6.07, 6.45) is 0. The molecule has 0 unspecified atom stereocenters. The molecule has 2 aromatic heterocycles. The Balaban J connectivity index is 1.32. The third kappa shape index (κ3) is 5.99. The quantitative estimate of drug-likeness (QED) is 0.365. The van der Waals surface area contributed by atoms with Gasteiger partial charge in [0.05, 0.1) is 18.0 Å². The minimum absolute atomic E-state index is 0.122. The van der Waals surface area contributed by atoms with Gasteiger partial charge in [-0.2, -0.15) is 4.68 Å². The van der Waals surface area contributed by atoms with Crippen molar-refractivity contribution in [3.63, 3.8) is 0 Å². The summed E-state index contributed by atoms with van der Waals surface area (Å²) < 4.78 is 7.30. The van der Waals surface area contributed by atoms with Gasteiger partial charge in [0.1, 0.15) is 11.5 Å². The molecular weight excluding hydrogens is 464 g/mol. The predicted molar refractivity (Wildman–Crippen MR) is 125 cm³/mol. The minimum atomic E-state index is -0.189. The highest BCUT2D eigenvalue weighted by Gasteiger charge is 2.13. The van der Waals surface area contributed by atoms with E-state index in [4.69, 9.17) is 16.0 Å². The van der Waals surface area contributed by atoms with Gasteiger partial charge in [-0.05, 0) is 65.0 Å². The van der Waals surface area contributed by atoms with Gasteiger partial charge in [-0.1, -0.05) is 29.4 Å². The van der Waals surface area contributed by atoms with Gasteiger partial charge in [-0.3, -0.25) is 9.59 Å². The number of aromatic nitrogens is 4. The van der Waals surface area contributed by atoms with Crippen LogP contribution in [0.3, 0.4) is 0 Å². The smallest absolute Gasteiger partial charge is 0.230 e. The molecule has 2 N–H and O–H groups in total. The fraction of sp³-hybridized carbons (Fsp3) is 0.136. The second-order valence-electron chi connectivity index (χ2n) is 6.94. The lowest BCUT2D eigenvalue weighted by molar-refractivity contribution is -0.118. The van der Waals surface area contributed by atoms with Crippen molar-refractivity contribution in [3.8, 4) is 17.0 Å². The van der Waals surface area contributed by atoms with Crippen molar-refractivity contribution in [2.24, 2.45) is 0 Å². The number of nitrogens with one attached hydrogen (secondary N) is 2. The first-order chi connectivity index (χ1) is 16.0. The second-order valence-corrected chi connectivity index (χ2v) is 8.32. The fourth-order valence-electron chi connectivity index (χ4n) is 2.96. The van der Waals surface area contributed by atoms with E-state index in [0.29, 0.717) is 33.1 Å². The number of tetrazole rings is 1. The van der Waals surface area contributed by atoms with Crippen LogP contribution in [0.25, 0.3) is 17.0 Å². The molecule has 0 radical (unpaired) electrons. The van der Waals surface area contributed by atoms with E-state index in [0.717, 1.165) is 5.56 Å². The molecule has 11 heteroatoms. The lowest BCUT2D eigenvalue weighted by atomic mass is 10.2. The number of carbonyl (C=O) groups excluding carboxylic acids is 2. The Bertz CT molecular complexity index is 1270. The second kappa shape index (κ2) is 10.3. The molecular formula is C22H19ClN6O3S. The zero-order valence-corrected chi connectivity index (χ0v) is 19.1. The number of benzene rings is 2. The molecule has 0 spiro atoms. The van der Waals surface area contributed by atoms with E-state index < -0.39 is 0 Å². The largest absolute Gasteiger partial charge is 0.459 e. The van der Waals surface area contributed by atoms with E-state index in [-0.39, 0.29) is 24.1 Å². The van der Waals surface area contributed by atoms with Crippen LogP contribution >= 0.6 is 23.4 Å². The third-order valence-corrected chi connectivity index (χ3v) is 5.61. The molecule has 0 aliphatic rings. The first kappa shape index (κ1) is 22.6. The molecule has 0 bridgehead atoms. The highest BCUT2D eigenvalue weighted by molar-refractivity contribution is 7.99. The van der Waals surface area contributed by atoms with Crippen LogP contribution in [0.4, 0.5) is 5.69 Å². The lowest BCUT2D eigenvalue weighted by Gasteiger charge is -2.07. The average Bonchev–Trinajstić information content (AvgIpc) is 3.46. The van der Waals surface area contributed by atoms with Crippen molar-refractivity contribution in [2.45, 2.75) is 18.6 Å². The molecule has 2 aromatic carbocycles. The van der Waals surface area contributed by atoms with Crippen LogP contribution in [0.2, 0.25) is 5.02 Å². The monoisotopic (exact) mass is 482 g/mol. The molecule has 9 nitrogen and oxygen atoms in total. The fourth-order valence-corrected chi connectivity index (χ4v) is 3.81. The number of anilines is 1. The number of carbonyl (C=O) groups is 2. The molecule has 168 valence electrons. The zero-order valence-electron chi connectivity index (χ0n) is 17.5. The molecule has 0 atom stereocenters. The Labute approximate surface area is 198 Å². The van der Waals surface area contributed by atoms with Crippen LogP contribution in [-0.2, 0) is 16.1 Å². The molecule has 4 rings (SSSR count). The number of amides is 2. The Hall–Kier alpha value is -3.63. The maximum Gasteiger partial charge on any atom is 0.230 e. The molecule has 33 heavy (non-hydrogen) atoms. The number of hydrogen-bond donors (Lipinski definition) is 2. The summed E-state index contributed by atoms with van der Waals surface area (Å²) in [5.74, 6) is 1.10. The highest BCUT2D eigenvalue weighted by Crippen LogP contribution is 2.24. The molecule has 0 saturated carbocycles. The summed E-state index contributed by atoms with van der Waals surface area (Å²) in [6.45, 7) is 1.70. The van der Waals surface area contributed by atoms with E-state index in [1.807, 2.05) is 24.3 Å². The zero-order chi connectivity index (χ0) is 23.2. The number of thioether (sulfide) groups is 1. The number of furan rings is 1. The first-order valence-electron chi connectivity index (χ1n) is 9.88. The summed E-state index contributed by atoms with van der Waals surface area (Å²) in [4.78, 5) is 23.6. The average molecular weight is 483 g/mol. The summed E-state index contributed by atoms with van der Waals surface area (Å²) in [5, 5.41) is 18.3. The van der Waals surface area contributed by atoms with Gasteiger partial charge in [-0.25, -0.2) is 0 Å². The molecule has 0 aliphatic heterocycles. The van der Waals surface area contributed by atoms with E-state index in [2.05, 4.69) is 26.2 Å². The van der Waals surface area contributed by atoms with Crippen LogP contribution in [0.1, 0.15) is 12.7 Å². The summed E-state index contributed by atoms with van der Waals surface area (Å²) in [5.41, 5.74) is 2.20. The van der Waals surface area contributed by atoms with Gasteiger partial charge in [0.25, 0.3) is 0 Å². The summed E-state index contributed by atoms with van der Waals surface area (Å²) in [6, 6.07) is 18.1. The Morgan fingerprint density at radius 1 is 1.12 bits per heavy atom. The number of hydrogen-bond acceptors (Lipinski definition) is 7. The van der Waals surface area contributed by atoms with E-state index >= 15 is 0 Å². The Morgan fingerprint density at radius 2 is 1.94 bits per heavy atom. The standard InChI is InChI=1S/C22H19ClN6O3S/c1-14(30)25-17-3-2-4-18(11-17)29-22(26-27-28-29)33-13-21(31)24-12-19-9-10-20(32-19)15-5-7-16(23)8-6-15/h2-11H,12-13H2,1H3,(H,24,31)(H,25,30). The van der Waals surface area contributed by atoms with Crippen LogP contribution in [0, 0.1) is 0 Å². The Morgan fingerprint density at radius 3 is 2.73 bits per heavy atom. The van der Waals surface area contributed by atoms with Gasteiger partial charge in [0, 0.05) is 23.2 Å². The van der Waals surface area contributed by atoms with Crippen molar-refractivity contribution < 1.29 is 14.0 Å². The maximum atomic E-state index is 12.3. The van der Waals surface area contributed by atoms with Crippen molar-refractivity contribution in [1.29, 1.82) is 0 Å². The molecule has 2 amide bonds. The van der Waals surface area contributed by atoms with Crippen LogP contribution in [-0.4, -0.2) is 37.8 Å². The van der Waals surface area contributed by atoms with Crippen molar-refractivity contribution in [3.05, 3.63) is 71.4 Å². The predicted octanol–water partition coefficient (Wildman–Crippen LogP) is 3.94. The normalized spacial score (nSPS) is 10.7. The molecule has 2 heterocycles. The van der Waals surface area contributed by atoms with Gasteiger partial charge in [0.15, 0.2) is 0 Å². The van der Waals surface area contributed by atoms with Gasteiger partial charge in [-0.15, -0.1) is 5.10 Å². The molecule has 0 fully saturated rings. The number of halogens is 1. The topological polar surface area (TPSA) is 115 Å². The van der Waals surface area contributed by atoms with E-state index in [1.54, 1.807) is 36.4 Å². The molecule has 0 aliphatic carbocycles. The Kier molecular flexibility index (Phi) is 7.06. The minimum Gasteiger partial charge on any atom is -0.459 e. The lowest BCUT2D eigenvalue weighted by Crippen LogP contribution is -2.24. The summed E-state index contributed by atoms with van der Waals surface area (Å²) >= 11 is 7.12. The number of nitrogens with zero attached hydrogens (tertiary/aromatic N) is 4. The highest BCUT2D eigenvalue weighted by atomic mass is 35.5. The van der Waals surface area contributed by atoms with Crippen LogP contribution < -0.4 is 10.6 Å². The van der Waals surface area contributed by atoms with Gasteiger partial charge >= 0.3 is 0 Å². The van der Waals surface area contributed by atoms with Crippen LogP contribution in [0.5, 0.6) is 0 Å². The van der Waals surface area contributed by atoms with Crippen molar-refractivity contribution in [1.82, 2.24) is 25.5 Å². The number of rotatable bonds is 8. The molecule has 4 aromatic rings. The maximum absolute atomic E-state index is 12.3. The summed E-state index contributed by atoms with van der Waals surface area (Å²) in [7, 11) is 0. The molecule has 0 saturated heterocycles. The van der Waals surface area contributed by atoms with E-state index in [9.17, 15) is 9.59 Å². The SMILES string of the molecule is CC(=O)Nc1cccc(-n2nnnc2SCC(=O)NCc2ccc(-c3ccc(Cl)cc3)o2)c1. The van der Waals surface area contributed by atoms with Crippen LogP contribution in [0.15, 0.2) is 70.2 Å². The van der Waals surface area contributed by atoms with Gasteiger partial charge in [0.2, 0.25) is 17.0 Å². The van der Waals surface area contributed by atoms with E-state index in [1.165, 1.54) is 23.4 Å². The third-order valence-electron chi connectivity index (χ3n) is 4.43.